The Bertz CT molecular complexity index is 757. The smallest absolute Gasteiger partial charge is 0.407 e. The molecule has 2 atom stereocenters. The highest BCUT2D eigenvalue weighted by atomic mass is 16.5. The number of ether oxygens (including phenoxy) is 1. The van der Waals surface area contributed by atoms with Gasteiger partial charge in [-0.15, -0.1) is 0 Å². The second-order valence-corrected chi connectivity index (χ2v) is 6.02. The van der Waals surface area contributed by atoms with Crippen LogP contribution in [0, 0.1) is 0 Å². The SMILES string of the molecule is C[C@@H]1c2ccc(C(=O)O)cc2CC1NC(=O)OCc1ccccc1. The predicted octanol–water partition coefficient (Wildman–Crippen LogP) is 3.34. The zero-order valence-corrected chi connectivity index (χ0v) is 13.4. The molecule has 0 aromatic heterocycles. The number of alkyl carbamates (subject to hydrolysis) is 1. The highest BCUT2D eigenvalue weighted by molar-refractivity contribution is 5.88. The average Bonchev–Trinajstić information content (AvgIpc) is 2.89. The van der Waals surface area contributed by atoms with Crippen molar-refractivity contribution in [3.8, 4) is 0 Å². The van der Waals surface area contributed by atoms with Crippen LogP contribution in [0.3, 0.4) is 0 Å². The van der Waals surface area contributed by atoms with Crippen LogP contribution in [0.4, 0.5) is 4.79 Å². The molecule has 24 heavy (non-hydrogen) atoms. The number of hydrogen-bond donors (Lipinski definition) is 2. The van der Waals surface area contributed by atoms with E-state index in [-0.39, 0.29) is 24.1 Å². The summed E-state index contributed by atoms with van der Waals surface area (Å²) in [7, 11) is 0. The van der Waals surface area contributed by atoms with E-state index in [1.54, 1.807) is 12.1 Å². The van der Waals surface area contributed by atoms with Crippen molar-refractivity contribution in [3.63, 3.8) is 0 Å². The first-order valence-electron chi connectivity index (χ1n) is 7.88. The number of carboxylic acid groups (broad SMARTS) is 1. The highest BCUT2D eigenvalue weighted by Gasteiger charge is 2.31. The van der Waals surface area contributed by atoms with Gasteiger partial charge >= 0.3 is 12.1 Å². The monoisotopic (exact) mass is 325 g/mol. The van der Waals surface area contributed by atoms with Gasteiger partial charge in [-0.3, -0.25) is 0 Å². The molecule has 2 aromatic rings. The number of nitrogens with one attached hydrogen (secondary N) is 1. The van der Waals surface area contributed by atoms with E-state index >= 15 is 0 Å². The Labute approximate surface area is 140 Å². The van der Waals surface area contributed by atoms with Crippen LogP contribution in [-0.2, 0) is 17.8 Å². The molecule has 0 radical (unpaired) electrons. The Morgan fingerprint density at radius 3 is 2.67 bits per heavy atom. The molecule has 5 nitrogen and oxygen atoms in total. The lowest BCUT2D eigenvalue weighted by atomic mass is 10.00. The number of hydrogen-bond acceptors (Lipinski definition) is 3. The molecule has 124 valence electrons. The molecule has 0 aliphatic heterocycles. The van der Waals surface area contributed by atoms with Crippen LogP contribution >= 0.6 is 0 Å². The fraction of sp³-hybridized carbons (Fsp3) is 0.263. The maximum Gasteiger partial charge on any atom is 0.407 e. The van der Waals surface area contributed by atoms with Crippen LogP contribution in [0.5, 0.6) is 0 Å². The molecule has 0 fully saturated rings. The molecule has 0 bridgehead atoms. The Kier molecular flexibility index (Phi) is 4.51. The minimum atomic E-state index is -0.941. The van der Waals surface area contributed by atoms with Crippen LogP contribution in [0.1, 0.15) is 39.9 Å². The van der Waals surface area contributed by atoms with Gasteiger partial charge in [-0.05, 0) is 35.2 Å². The number of amides is 1. The average molecular weight is 325 g/mol. The van der Waals surface area contributed by atoms with E-state index < -0.39 is 12.1 Å². The molecule has 0 heterocycles. The van der Waals surface area contributed by atoms with Crippen molar-refractivity contribution in [1.29, 1.82) is 0 Å². The van der Waals surface area contributed by atoms with E-state index in [0.29, 0.717) is 6.42 Å². The number of carbonyl (C=O) groups is 2. The second-order valence-electron chi connectivity index (χ2n) is 6.02. The van der Waals surface area contributed by atoms with Gasteiger partial charge in [-0.1, -0.05) is 43.3 Å². The molecule has 1 aliphatic carbocycles. The standard InChI is InChI=1S/C19H19NO4/c1-12-16-8-7-14(18(21)22)9-15(16)10-17(12)20-19(23)24-11-13-5-3-2-4-6-13/h2-9,12,17H,10-11H2,1H3,(H,20,23)(H,21,22)/t12-,17?/m1/s1. The van der Waals surface area contributed by atoms with Crippen LogP contribution in [0.15, 0.2) is 48.5 Å². The molecule has 0 spiro atoms. The van der Waals surface area contributed by atoms with E-state index in [4.69, 9.17) is 9.84 Å². The van der Waals surface area contributed by atoms with Crippen LogP contribution in [0.25, 0.3) is 0 Å². The summed E-state index contributed by atoms with van der Waals surface area (Å²) in [6.45, 7) is 2.25. The van der Waals surface area contributed by atoms with Gasteiger partial charge in [0.25, 0.3) is 0 Å². The number of carboxylic acids is 1. The predicted molar refractivity (Wildman–Crippen MR) is 89.1 cm³/mol. The molecule has 2 aromatic carbocycles. The van der Waals surface area contributed by atoms with Gasteiger partial charge in [-0.25, -0.2) is 9.59 Å². The fourth-order valence-electron chi connectivity index (χ4n) is 3.08. The summed E-state index contributed by atoms with van der Waals surface area (Å²) >= 11 is 0. The van der Waals surface area contributed by atoms with Gasteiger partial charge < -0.3 is 15.2 Å². The Morgan fingerprint density at radius 2 is 1.96 bits per heavy atom. The largest absolute Gasteiger partial charge is 0.478 e. The fourth-order valence-corrected chi connectivity index (χ4v) is 3.08. The van der Waals surface area contributed by atoms with Gasteiger partial charge in [0, 0.05) is 12.0 Å². The first kappa shape index (κ1) is 16.1. The number of fused-ring (bicyclic) bond motifs is 1. The number of aromatic carboxylic acids is 1. The summed E-state index contributed by atoms with van der Waals surface area (Å²) in [6.07, 6.45) is 0.153. The highest BCUT2D eigenvalue weighted by Crippen LogP contribution is 2.33. The zero-order valence-electron chi connectivity index (χ0n) is 13.4. The van der Waals surface area contributed by atoms with Crippen molar-refractivity contribution in [2.45, 2.75) is 31.9 Å². The number of carbonyl (C=O) groups excluding carboxylic acids is 1. The van der Waals surface area contributed by atoms with Crippen LogP contribution in [0.2, 0.25) is 0 Å². The van der Waals surface area contributed by atoms with E-state index in [0.717, 1.165) is 16.7 Å². The lowest BCUT2D eigenvalue weighted by Crippen LogP contribution is -2.37. The third-order valence-electron chi connectivity index (χ3n) is 4.44. The van der Waals surface area contributed by atoms with Crippen molar-refractivity contribution in [2.75, 3.05) is 0 Å². The molecular formula is C19H19NO4. The summed E-state index contributed by atoms with van der Waals surface area (Å²) in [6, 6.07) is 14.5. The second kappa shape index (κ2) is 6.74. The summed E-state index contributed by atoms with van der Waals surface area (Å²) in [5.41, 5.74) is 3.25. The lowest BCUT2D eigenvalue weighted by molar-refractivity contribution is 0.0696. The minimum absolute atomic E-state index is 0.0904. The normalized spacial score (nSPS) is 18.7. The zero-order chi connectivity index (χ0) is 17.1. The van der Waals surface area contributed by atoms with Gasteiger partial charge in [0.2, 0.25) is 0 Å². The number of benzene rings is 2. The van der Waals surface area contributed by atoms with Gasteiger partial charge in [0.15, 0.2) is 0 Å². The molecule has 2 N–H and O–H groups in total. The van der Waals surface area contributed by atoms with Crippen LogP contribution in [-0.4, -0.2) is 23.2 Å². The summed E-state index contributed by atoms with van der Waals surface area (Å²) in [5, 5.41) is 12.0. The van der Waals surface area contributed by atoms with Gasteiger partial charge in [0.1, 0.15) is 6.61 Å². The third-order valence-corrected chi connectivity index (χ3v) is 4.44. The topological polar surface area (TPSA) is 75.6 Å². The van der Waals surface area contributed by atoms with E-state index in [1.165, 1.54) is 0 Å². The van der Waals surface area contributed by atoms with E-state index in [9.17, 15) is 9.59 Å². The van der Waals surface area contributed by atoms with Crippen molar-refractivity contribution >= 4 is 12.1 Å². The van der Waals surface area contributed by atoms with Gasteiger partial charge in [-0.2, -0.15) is 0 Å². The Balaban J connectivity index is 1.60. The van der Waals surface area contributed by atoms with E-state index in [1.807, 2.05) is 43.3 Å². The molecular weight excluding hydrogens is 306 g/mol. The quantitative estimate of drug-likeness (QED) is 0.904. The first-order valence-corrected chi connectivity index (χ1v) is 7.88. The maximum atomic E-state index is 12.0. The molecule has 0 saturated heterocycles. The van der Waals surface area contributed by atoms with Crippen LogP contribution < -0.4 is 5.32 Å². The summed E-state index contributed by atoms with van der Waals surface area (Å²) < 4.78 is 5.25. The molecule has 1 unspecified atom stereocenters. The lowest BCUT2D eigenvalue weighted by Gasteiger charge is -2.17. The van der Waals surface area contributed by atoms with Gasteiger partial charge in [0.05, 0.1) is 5.56 Å². The number of rotatable bonds is 4. The maximum absolute atomic E-state index is 12.0. The van der Waals surface area contributed by atoms with Crippen molar-refractivity contribution in [1.82, 2.24) is 5.32 Å². The first-order chi connectivity index (χ1) is 11.5. The third kappa shape index (κ3) is 3.40. The molecule has 0 saturated carbocycles. The minimum Gasteiger partial charge on any atom is -0.478 e. The molecule has 1 amide bonds. The van der Waals surface area contributed by atoms with Crippen molar-refractivity contribution < 1.29 is 19.4 Å². The molecule has 1 aliphatic rings. The van der Waals surface area contributed by atoms with Crippen molar-refractivity contribution in [2.24, 2.45) is 0 Å². The summed E-state index contributed by atoms with van der Waals surface area (Å²) in [4.78, 5) is 23.1. The molecule has 5 heteroatoms. The molecule has 3 rings (SSSR count). The Morgan fingerprint density at radius 1 is 1.21 bits per heavy atom. The Hall–Kier alpha value is -2.82. The van der Waals surface area contributed by atoms with E-state index in [2.05, 4.69) is 5.32 Å². The van der Waals surface area contributed by atoms with Crippen molar-refractivity contribution in [3.05, 3.63) is 70.8 Å². The summed E-state index contributed by atoms with van der Waals surface area (Å²) in [5.74, 6) is -0.823.